The first-order valence-corrected chi connectivity index (χ1v) is 5.97. The first-order valence-electron chi connectivity index (χ1n) is 4.57. The first kappa shape index (κ1) is 16.4. The molecule has 0 saturated heterocycles. The van der Waals surface area contributed by atoms with Crippen LogP contribution in [0, 0.1) is 0 Å². The lowest BCUT2D eigenvalue weighted by atomic mass is 10.1. The maximum absolute atomic E-state index is 11.0. The summed E-state index contributed by atoms with van der Waals surface area (Å²) in [4.78, 5) is 11.0. The van der Waals surface area contributed by atoms with Gasteiger partial charge in [-0.3, -0.25) is 23.7 Å². The molecular weight excluding hydrogens is 268 g/mol. The molecule has 0 saturated carbocycles. The number of nitrogen functional groups attached to an aromatic ring is 2. The third-order valence-electron chi connectivity index (χ3n) is 1.59. The highest BCUT2D eigenvalue weighted by atomic mass is 32.3. The van der Waals surface area contributed by atoms with Gasteiger partial charge in [-0.15, -0.1) is 0 Å². The molecule has 0 radical (unpaired) electrons. The quantitative estimate of drug-likeness (QED) is 0.352. The topological polar surface area (TPSA) is 185 Å². The number of aliphatic hydroxyl groups is 1. The molecule has 0 spiro atoms. The molecule has 11 heteroatoms. The van der Waals surface area contributed by atoms with E-state index in [2.05, 4.69) is 5.10 Å². The molecule has 0 aromatic carbocycles. The van der Waals surface area contributed by atoms with Crippen molar-refractivity contribution in [2.75, 3.05) is 11.5 Å². The van der Waals surface area contributed by atoms with Crippen molar-refractivity contribution in [3.63, 3.8) is 0 Å². The second kappa shape index (κ2) is 5.39. The van der Waals surface area contributed by atoms with Gasteiger partial charge >= 0.3 is 10.4 Å². The van der Waals surface area contributed by atoms with Crippen LogP contribution in [0.25, 0.3) is 0 Å². The minimum Gasteiger partial charge on any atom is -0.391 e. The lowest BCUT2D eigenvalue weighted by molar-refractivity contribution is 0.0583. The van der Waals surface area contributed by atoms with Gasteiger partial charge < -0.3 is 16.6 Å². The van der Waals surface area contributed by atoms with Crippen molar-refractivity contribution in [1.29, 1.82) is 0 Å². The van der Waals surface area contributed by atoms with E-state index in [-0.39, 0.29) is 18.1 Å². The van der Waals surface area contributed by atoms with Gasteiger partial charge in [0, 0.05) is 0 Å². The van der Waals surface area contributed by atoms with E-state index in [9.17, 15) is 9.90 Å². The van der Waals surface area contributed by atoms with Crippen LogP contribution < -0.4 is 17.0 Å². The Balaban J connectivity index is 0.000000494. The van der Waals surface area contributed by atoms with Crippen LogP contribution in [0.2, 0.25) is 0 Å². The molecule has 18 heavy (non-hydrogen) atoms. The standard InChI is InChI=1S/C7H14N4O2.H2O4S/c1-7(2,13)3-11-5(9)4(8)6(12)10-11;1-5(2,3)4/h13H,3,8-9H2,1-2H3,(H,10,12);(H2,1,2,3,4). The summed E-state index contributed by atoms with van der Waals surface area (Å²) >= 11 is 0. The monoisotopic (exact) mass is 284 g/mol. The average Bonchev–Trinajstić information content (AvgIpc) is 2.28. The van der Waals surface area contributed by atoms with Gasteiger partial charge in [-0.05, 0) is 13.8 Å². The zero-order valence-corrected chi connectivity index (χ0v) is 10.6. The minimum atomic E-state index is -4.67. The normalized spacial score (nSPS) is 11.8. The summed E-state index contributed by atoms with van der Waals surface area (Å²) in [5, 5.41) is 11.9. The molecule has 8 N–H and O–H groups in total. The molecule has 0 aliphatic carbocycles. The van der Waals surface area contributed by atoms with Crippen LogP contribution in [-0.4, -0.2) is 38.0 Å². The Morgan fingerprint density at radius 2 is 1.72 bits per heavy atom. The molecule has 106 valence electrons. The van der Waals surface area contributed by atoms with Gasteiger partial charge in [0.1, 0.15) is 11.5 Å². The second-order valence-electron chi connectivity index (χ2n) is 4.09. The maximum atomic E-state index is 11.0. The molecule has 0 bridgehead atoms. The SMILES string of the molecule is CC(C)(O)Cn1[nH]c(=O)c(N)c1N.O=S(=O)(O)O. The van der Waals surface area contributed by atoms with E-state index in [0.29, 0.717) is 0 Å². The number of hydrogen-bond acceptors (Lipinski definition) is 6. The number of rotatable bonds is 2. The van der Waals surface area contributed by atoms with Crippen molar-refractivity contribution in [3.8, 4) is 0 Å². The van der Waals surface area contributed by atoms with Crippen LogP contribution in [0.15, 0.2) is 4.79 Å². The number of anilines is 2. The number of H-pyrrole nitrogens is 1. The molecule has 1 aromatic heterocycles. The van der Waals surface area contributed by atoms with Gasteiger partial charge in [-0.1, -0.05) is 0 Å². The third kappa shape index (κ3) is 6.90. The maximum Gasteiger partial charge on any atom is 0.394 e. The lowest BCUT2D eigenvalue weighted by Gasteiger charge is -2.17. The summed E-state index contributed by atoms with van der Waals surface area (Å²) in [6, 6.07) is 0. The number of aromatic nitrogens is 2. The Morgan fingerprint density at radius 1 is 1.33 bits per heavy atom. The molecule has 10 nitrogen and oxygen atoms in total. The fourth-order valence-corrected chi connectivity index (χ4v) is 1.02. The van der Waals surface area contributed by atoms with Crippen molar-refractivity contribution in [2.45, 2.75) is 26.0 Å². The molecule has 1 aromatic rings. The van der Waals surface area contributed by atoms with Crippen LogP contribution in [0.4, 0.5) is 11.5 Å². The molecule has 0 atom stereocenters. The van der Waals surface area contributed by atoms with Crippen LogP contribution in [0.5, 0.6) is 0 Å². The van der Waals surface area contributed by atoms with E-state index in [1.165, 1.54) is 4.68 Å². The molecular formula is C7H16N4O6S. The Hall–Kier alpha value is -1.56. The van der Waals surface area contributed by atoms with E-state index in [1.807, 2.05) is 0 Å². The summed E-state index contributed by atoms with van der Waals surface area (Å²) in [6.07, 6.45) is 0. The zero-order valence-electron chi connectivity index (χ0n) is 9.78. The fraction of sp³-hybridized carbons (Fsp3) is 0.571. The molecule has 1 rings (SSSR count). The van der Waals surface area contributed by atoms with Gasteiger partial charge in [-0.2, -0.15) is 8.42 Å². The predicted octanol–water partition coefficient (Wildman–Crippen LogP) is -1.54. The zero-order chi connectivity index (χ0) is 14.7. The Kier molecular flexibility index (Phi) is 4.92. The van der Waals surface area contributed by atoms with Crippen LogP contribution in [0.1, 0.15) is 13.8 Å². The van der Waals surface area contributed by atoms with Crippen molar-refractivity contribution in [3.05, 3.63) is 10.4 Å². The first-order chi connectivity index (χ1) is 7.81. The van der Waals surface area contributed by atoms with Crippen molar-refractivity contribution < 1.29 is 22.6 Å². The molecule has 0 aliphatic rings. The highest BCUT2D eigenvalue weighted by Gasteiger charge is 2.17. The number of hydrogen-bond donors (Lipinski definition) is 6. The Bertz CT molecular complexity index is 543. The van der Waals surface area contributed by atoms with E-state index in [0.717, 1.165) is 0 Å². The Morgan fingerprint density at radius 3 is 1.94 bits per heavy atom. The molecule has 1 heterocycles. The van der Waals surface area contributed by atoms with E-state index >= 15 is 0 Å². The number of nitrogens with zero attached hydrogens (tertiary/aromatic N) is 1. The largest absolute Gasteiger partial charge is 0.394 e. The smallest absolute Gasteiger partial charge is 0.391 e. The van der Waals surface area contributed by atoms with Gasteiger partial charge in [0.05, 0.1) is 12.1 Å². The molecule has 0 unspecified atom stereocenters. The van der Waals surface area contributed by atoms with E-state index in [1.54, 1.807) is 13.8 Å². The highest BCUT2D eigenvalue weighted by molar-refractivity contribution is 7.79. The average molecular weight is 284 g/mol. The molecule has 0 amide bonds. The summed E-state index contributed by atoms with van der Waals surface area (Å²) in [7, 11) is -4.67. The van der Waals surface area contributed by atoms with Crippen molar-refractivity contribution in [1.82, 2.24) is 9.78 Å². The number of aromatic amines is 1. The van der Waals surface area contributed by atoms with E-state index in [4.69, 9.17) is 29.0 Å². The summed E-state index contributed by atoms with van der Waals surface area (Å²) < 4.78 is 32.9. The van der Waals surface area contributed by atoms with Gasteiger partial charge in [0.2, 0.25) is 0 Å². The van der Waals surface area contributed by atoms with Crippen LogP contribution in [-0.2, 0) is 16.9 Å². The van der Waals surface area contributed by atoms with Crippen LogP contribution in [0.3, 0.4) is 0 Å². The van der Waals surface area contributed by atoms with Crippen molar-refractivity contribution in [2.24, 2.45) is 0 Å². The minimum absolute atomic E-state index is 0.00995. The van der Waals surface area contributed by atoms with Gasteiger partial charge in [-0.25, -0.2) is 0 Å². The Labute approximate surface area is 103 Å². The molecule has 0 fully saturated rings. The summed E-state index contributed by atoms with van der Waals surface area (Å²) in [5.41, 5.74) is 9.48. The highest BCUT2D eigenvalue weighted by Crippen LogP contribution is 2.12. The second-order valence-corrected chi connectivity index (χ2v) is 4.98. The molecule has 0 aliphatic heterocycles. The fourth-order valence-electron chi connectivity index (χ4n) is 1.02. The van der Waals surface area contributed by atoms with E-state index < -0.39 is 21.6 Å². The number of nitrogens with one attached hydrogen (secondary N) is 1. The third-order valence-corrected chi connectivity index (χ3v) is 1.59. The van der Waals surface area contributed by atoms with Crippen molar-refractivity contribution >= 4 is 21.9 Å². The van der Waals surface area contributed by atoms with Gasteiger partial charge in [0.15, 0.2) is 0 Å². The number of nitrogens with two attached hydrogens (primary N) is 2. The van der Waals surface area contributed by atoms with Crippen LogP contribution >= 0.6 is 0 Å². The summed E-state index contributed by atoms with van der Waals surface area (Å²) in [6.45, 7) is 3.42. The van der Waals surface area contributed by atoms with Gasteiger partial charge in [0.25, 0.3) is 5.56 Å². The lowest BCUT2D eigenvalue weighted by Crippen LogP contribution is -2.28. The summed E-state index contributed by atoms with van der Waals surface area (Å²) in [5.74, 6) is 0.159. The predicted molar refractivity (Wildman–Crippen MR) is 64.4 cm³/mol.